The molecule has 0 aliphatic heterocycles. The van der Waals surface area contributed by atoms with Crippen LogP contribution in [0.2, 0.25) is 0 Å². The van der Waals surface area contributed by atoms with Crippen LogP contribution in [0.3, 0.4) is 0 Å². The molecule has 0 spiro atoms. The zero-order chi connectivity index (χ0) is 14.0. The van der Waals surface area contributed by atoms with Gasteiger partial charge in [-0.3, -0.25) is 4.79 Å². The molecule has 2 rings (SSSR count). The van der Waals surface area contributed by atoms with Crippen molar-refractivity contribution in [1.82, 2.24) is 0 Å². The smallest absolute Gasteiger partial charge is 0.159 e. The molecule has 0 bridgehead atoms. The van der Waals surface area contributed by atoms with Gasteiger partial charge in [0, 0.05) is 18.7 Å². The molecular formula is C16H22FNO. The van der Waals surface area contributed by atoms with Gasteiger partial charge in [0.25, 0.3) is 0 Å². The molecule has 1 aromatic carbocycles. The van der Waals surface area contributed by atoms with Crippen LogP contribution in [0.1, 0.15) is 49.9 Å². The Morgan fingerprint density at radius 2 is 1.89 bits per heavy atom. The number of Topliss-reactive ketones (excluding diaryl/α,β-unsaturated/α-hetero) is 1. The Hall–Kier alpha value is -1.38. The van der Waals surface area contributed by atoms with E-state index in [4.69, 9.17) is 0 Å². The summed E-state index contributed by atoms with van der Waals surface area (Å²) in [7, 11) is 1.95. The SMILES string of the molecule is CC(=O)c1ccc(N(C)C2CCC(C)CC2)c(F)c1. The first-order valence-corrected chi connectivity index (χ1v) is 7.02. The summed E-state index contributed by atoms with van der Waals surface area (Å²) in [4.78, 5) is 13.3. The lowest BCUT2D eigenvalue weighted by Crippen LogP contribution is -2.35. The maximum atomic E-state index is 14.1. The Morgan fingerprint density at radius 3 is 2.42 bits per heavy atom. The zero-order valence-electron chi connectivity index (χ0n) is 11.9. The molecule has 1 saturated carbocycles. The summed E-state index contributed by atoms with van der Waals surface area (Å²) in [5.41, 5.74) is 1.04. The van der Waals surface area contributed by atoms with Gasteiger partial charge in [0.05, 0.1) is 5.69 Å². The number of benzene rings is 1. The second kappa shape index (κ2) is 5.72. The quantitative estimate of drug-likeness (QED) is 0.767. The van der Waals surface area contributed by atoms with Crippen molar-refractivity contribution in [2.45, 2.75) is 45.6 Å². The van der Waals surface area contributed by atoms with Crippen LogP contribution < -0.4 is 4.90 Å². The number of carbonyl (C=O) groups is 1. The summed E-state index contributed by atoms with van der Waals surface area (Å²) in [6.07, 6.45) is 4.65. The standard InChI is InChI=1S/C16H22FNO/c1-11-4-7-14(8-5-11)18(3)16-9-6-13(12(2)19)10-15(16)17/h6,9-11,14H,4-5,7-8H2,1-3H3. The van der Waals surface area contributed by atoms with Crippen LogP contribution >= 0.6 is 0 Å². The number of carbonyl (C=O) groups excluding carboxylic acids is 1. The fourth-order valence-electron chi connectivity index (χ4n) is 2.84. The maximum Gasteiger partial charge on any atom is 0.159 e. The predicted molar refractivity (Wildman–Crippen MR) is 76.2 cm³/mol. The Balaban J connectivity index is 2.15. The van der Waals surface area contributed by atoms with Crippen molar-refractivity contribution in [3.8, 4) is 0 Å². The third-order valence-corrected chi connectivity index (χ3v) is 4.27. The second-order valence-electron chi connectivity index (χ2n) is 5.75. The van der Waals surface area contributed by atoms with Crippen LogP contribution in [0.4, 0.5) is 10.1 Å². The minimum atomic E-state index is -0.297. The summed E-state index contributed by atoms with van der Waals surface area (Å²) in [6.45, 7) is 3.74. The number of anilines is 1. The summed E-state index contributed by atoms with van der Waals surface area (Å²) in [6, 6.07) is 5.20. The molecule has 2 nitrogen and oxygen atoms in total. The molecule has 0 radical (unpaired) electrons. The molecule has 19 heavy (non-hydrogen) atoms. The van der Waals surface area contributed by atoms with Gasteiger partial charge in [-0.15, -0.1) is 0 Å². The Kier molecular flexibility index (Phi) is 4.23. The third-order valence-electron chi connectivity index (χ3n) is 4.27. The van der Waals surface area contributed by atoms with Crippen molar-refractivity contribution in [3.63, 3.8) is 0 Å². The molecular weight excluding hydrogens is 241 g/mol. The maximum absolute atomic E-state index is 14.1. The van der Waals surface area contributed by atoms with E-state index in [-0.39, 0.29) is 11.6 Å². The van der Waals surface area contributed by atoms with E-state index in [1.54, 1.807) is 12.1 Å². The number of hydrogen-bond acceptors (Lipinski definition) is 2. The van der Waals surface area contributed by atoms with Crippen molar-refractivity contribution < 1.29 is 9.18 Å². The molecule has 0 unspecified atom stereocenters. The van der Waals surface area contributed by atoms with E-state index < -0.39 is 0 Å². The second-order valence-corrected chi connectivity index (χ2v) is 5.75. The van der Waals surface area contributed by atoms with Crippen molar-refractivity contribution in [1.29, 1.82) is 0 Å². The first-order chi connectivity index (χ1) is 8.99. The van der Waals surface area contributed by atoms with Crippen LogP contribution in [0.15, 0.2) is 18.2 Å². The van der Waals surface area contributed by atoms with Crippen molar-refractivity contribution in [2.24, 2.45) is 5.92 Å². The lowest BCUT2D eigenvalue weighted by Gasteiger charge is -2.35. The van der Waals surface area contributed by atoms with Crippen LogP contribution in [-0.2, 0) is 0 Å². The molecule has 0 saturated heterocycles. The van der Waals surface area contributed by atoms with E-state index in [1.165, 1.54) is 25.8 Å². The van der Waals surface area contributed by atoms with Crippen LogP contribution in [0, 0.1) is 11.7 Å². The fraction of sp³-hybridized carbons (Fsp3) is 0.562. The van der Waals surface area contributed by atoms with Gasteiger partial charge >= 0.3 is 0 Å². The average molecular weight is 263 g/mol. The van der Waals surface area contributed by atoms with Gasteiger partial charge in [0.1, 0.15) is 5.82 Å². The van der Waals surface area contributed by atoms with E-state index in [1.807, 2.05) is 11.9 Å². The highest BCUT2D eigenvalue weighted by molar-refractivity contribution is 5.94. The van der Waals surface area contributed by atoms with Crippen LogP contribution in [0.5, 0.6) is 0 Å². The summed E-state index contributed by atoms with van der Waals surface area (Å²) >= 11 is 0. The average Bonchev–Trinajstić information content (AvgIpc) is 2.38. The molecule has 0 N–H and O–H groups in total. The summed E-state index contributed by atoms with van der Waals surface area (Å²) < 4.78 is 14.1. The predicted octanol–water partition coefficient (Wildman–Crippen LogP) is 4.04. The van der Waals surface area contributed by atoms with E-state index in [2.05, 4.69) is 6.92 Å². The molecule has 0 aromatic heterocycles. The van der Waals surface area contributed by atoms with E-state index >= 15 is 0 Å². The fourth-order valence-corrected chi connectivity index (χ4v) is 2.84. The summed E-state index contributed by atoms with van der Waals surface area (Å²) in [5, 5.41) is 0. The number of rotatable bonds is 3. The molecule has 0 atom stereocenters. The molecule has 1 aliphatic rings. The Morgan fingerprint density at radius 1 is 1.26 bits per heavy atom. The van der Waals surface area contributed by atoms with Crippen molar-refractivity contribution >= 4 is 11.5 Å². The first-order valence-electron chi connectivity index (χ1n) is 7.02. The van der Waals surface area contributed by atoms with E-state index in [0.29, 0.717) is 17.3 Å². The van der Waals surface area contributed by atoms with Crippen LogP contribution in [-0.4, -0.2) is 18.9 Å². The van der Waals surface area contributed by atoms with E-state index in [0.717, 1.165) is 18.8 Å². The molecule has 1 fully saturated rings. The van der Waals surface area contributed by atoms with E-state index in [9.17, 15) is 9.18 Å². The van der Waals surface area contributed by atoms with Gasteiger partial charge in [-0.05, 0) is 56.7 Å². The number of nitrogens with zero attached hydrogens (tertiary/aromatic N) is 1. The molecule has 1 aromatic rings. The lowest BCUT2D eigenvalue weighted by atomic mass is 9.86. The monoisotopic (exact) mass is 263 g/mol. The lowest BCUT2D eigenvalue weighted by molar-refractivity contribution is 0.101. The molecule has 0 amide bonds. The number of halogens is 1. The normalized spacial score (nSPS) is 23.2. The first kappa shape index (κ1) is 14.0. The highest BCUT2D eigenvalue weighted by atomic mass is 19.1. The minimum absolute atomic E-state index is 0.0976. The Labute approximate surface area is 114 Å². The van der Waals surface area contributed by atoms with Gasteiger partial charge < -0.3 is 4.90 Å². The molecule has 104 valence electrons. The van der Waals surface area contributed by atoms with Crippen molar-refractivity contribution in [3.05, 3.63) is 29.6 Å². The minimum Gasteiger partial charge on any atom is -0.369 e. The zero-order valence-corrected chi connectivity index (χ0v) is 11.9. The van der Waals surface area contributed by atoms with Gasteiger partial charge in [0.15, 0.2) is 5.78 Å². The summed E-state index contributed by atoms with van der Waals surface area (Å²) in [5.74, 6) is 0.392. The van der Waals surface area contributed by atoms with Crippen LogP contribution in [0.25, 0.3) is 0 Å². The third kappa shape index (κ3) is 3.14. The van der Waals surface area contributed by atoms with Gasteiger partial charge in [-0.25, -0.2) is 4.39 Å². The van der Waals surface area contributed by atoms with Gasteiger partial charge in [-0.1, -0.05) is 6.92 Å². The number of ketones is 1. The van der Waals surface area contributed by atoms with Crippen molar-refractivity contribution in [2.75, 3.05) is 11.9 Å². The van der Waals surface area contributed by atoms with Gasteiger partial charge in [-0.2, -0.15) is 0 Å². The topological polar surface area (TPSA) is 20.3 Å². The molecule has 1 aliphatic carbocycles. The number of hydrogen-bond donors (Lipinski definition) is 0. The highest BCUT2D eigenvalue weighted by Crippen LogP contribution is 2.30. The molecule has 0 heterocycles. The molecule has 3 heteroatoms. The van der Waals surface area contributed by atoms with Gasteiger partial charge in [0.2, 0.25) is 0 Å². The Bertz CT molecular complexity index is 464. The largest absolute Gasteiger partial charge is 0.369 e. The highest BCUT2D eigenvalue weighted by Gasteiger charge is 2.23.